The second-order valence-corrected chi connectivity index (χ2v) is 8.65. The standard InChI is InChI=1S/C24H26ClN3O3/c1-17-20(25)11-6-12-21(17)28-16-27(15-23(28)30)22(29)14-26(24(31)19-9-5-10-19)13-18-7-3-2-4-8-18/h2-4,6-8,11-12,19H,5,9-10,13-16H2,1H3. The lowest BCUT2D eigenvalue weighted by Gasteiger charge is -2.32. The van der Waals surface area contributed by atoms with Crippen molar-refractivity contribution in [1.82, 2.24) is 9.80 Å². The monoisotopic (exact) mass is 439 g/mol. The zero-order valence-corrected chi connectivity index (χ0v) is 18.3. The summed E-state index contributed by atoms with van der Waals surface area (Å²) in [5.41, 5.74) is 2.49. The van der Waals surface area contributed by atoms with Crippen LogP contribution >= 0.6 is 11.6 Å². The first-order valence-electron chi connectivity index (χ1n) is 10.6. The Bertz CT molecular complexity index is 991. The predicted molar refractivity (Wildman–Crippen MR) is 119 cm³/mol. The van der Waals surface area contributed by atoms with E-state index in [0.717, 1.165) is 30.4 Å². The molecular weight excluding hydrogens is 414 g/mol. The quantitative estimate of drug-likeness (QED) is 0.690. The van der Waals surface area contributed by atoms with Crippen molar-refractivity contribution in [3.63, 3.8) is 0 Å². The molecule has 6 nitrogen and oxygen atoms in total. The van der Waals surface area contributed by atoms with Crippen molar-refractivity contribution in [1.29, 1.82) is 0 Å². The molecule has 1 aliphatic carbocycles. The van der Waals surface area contributed by atoms with Gasteiger partial charge in [0.05, 0.1) is 0 Å². The lowest BCUT2D eigenvalue weighted by molar-refractivity contribution is -0.145. The molecule has 0 N–H and O–H groups in total. The minimum Gasteiger partial charge on any atom is -0.329 e. The highest BCUT2D eigenvalue weighted by molar-refractivity contribution is 6.31. The highest BCUT2D eigenvalue weighted by Crippen LogP contribution is 2.30. The van der Waals surface area contributed by atoms with Crippen LogP contribution in [0.3, 0.4) is 0 Å². The molecule has 3 amide bonds. The third kappa shape index (κ3) is 4.59. The highest BCUT2D eigenvalue weighted by Gasteiger charge is 2.35. The molecule has 2 fully saturated rings. The average Bonchev–Trinajstić information content (AvgIpc) is 3.10. The van der Waals surface area contributed by atoms with Gasteiger partial charge in [-0.25, -0.2) is 0 Å². The lowest BCUT2D eigenvalue weighted by atomic mass is 9.84. The maximum absolute atomic E-state index is 13.1. The summed E-state index contributed by atoms with van der Waals surface area (Å²) in [7, 11) is 0. The SMILES string of the molecule is Cc1c(Cl)cccc1N1CN(C(=O)CN(Cc2ccccc2)C(=O)C2CCC2)CC1=O. The van der Waals surface area contributed by atoms with Crippen LogP contribution in [0.2, 0.25) is 5.02 Å². The molecular formula is C24H26ClN3O3. The largest absolute Gasteiger partial charge is 0.329 e. The minimum absolute atomic E-state index is 0.00157. The van der Waals surface area contributed by atoms with Gasteiger partial charge in [-0.05, 0) is 43.0 Å². The zero-order chi connectivity index (χ0) is 22.0. The van der Waals surface area contributed by atoms with E-state index in [1.807, 2.05) is 43.3 Å². The number of nitrogens with zero attached hydrogens (tertiary/aromatic N) is 3. The highest BCUT2D eigenvalue weighted by atomic mass is 35.5. The van der Waals surface area contributed by atoms with E-state index in [9.17, 15) is 14.4 Å². The van der Waals surface area contributed by atoms with Gasteiger partial charge >= 0.3 is 0 Å². The fraction of sp³-hybridized carbons (Fsp3) is 0.375. The van der Waals surface area contributed by atoms with Crippen LogP contribution in [-0.4, -0.2) is 47.3 Å². The summed E-state index contributed by atoms with van der Waals surface area (Å²) in [6.07, 6.45) is 2.81. The Morgan fingerprint density at radius 1 is 1.10 bits per heavy atom. The summed E-state index contributed by atoms with van der Waals surface area (Å²) in [6.45, 7) is 2.38. The smallest absolute Gasteiger partial charge is 0.248 e. The van der Waals surface area contributed by atoms with Crippen molar-refractivity contribution >= 4 is 35.0 Å². The van der Waals surface area contributed by atoms with E-state index < -0.39 is 0 Å². The van der Waals surface area contributed by atoms with Crippen molar-refractivity contribution in [3.8, 4) is 0 Å². The number of carbonyl (C=O) groups is 3. The van der Waals surface area contributed by atoms with E-state index in [0.29, 0.717) is 17.3 Å². The first kappa shape index (κ1) is 21.4. The normalized spacial score (nSPS) is 16.4. The fourth-order valence-electron chi connectivity index (χ4n) is 4.01. The lowest BCUT2D eigenvalue weighted by Crippen LogP contribution is -2.45. The van der Waals surface area contributed by atoms with Crippen molar-refractivity contribution in [2.75, 3.05) is 24.7 Å². The third-order valence-electron chi connectivity index (χ3n) is 6.13. The molecule has 0 unspecified atom stereocenters. The maximum atomic E-state index is 13.1. The van der Waals surface area contributed by atoms with E-state index in [-0.39, 0.29) is 43.4 Å². The molecule has 0 atom stereocenters. The molecule has 0 radical (unpaired) electrons. The Kier molecular flexibility index (Phi) is 6.28. The molecule has 1 saturated carbocycles. The predicted octanol–water partition coefficient (Wildman–Crippen LogP) is 3.61. The third-order valence-corrected chi connectivity index (χ3v) is 6.54. The van der Waals surface area contributed by atoms with E-state index in [2.05, 4.69) is 0 Å². The number of benzene rings is 2. The van der Waals surface area contributed by atoms with Crippen LogP contribution < -0.4 is 4.90 Å². The number of halogens is 1. The summed E-state index contributed by atoms with van der Waals surface area (Å²) >= 11 is 6.21. The fourth-order valence-corrected chi connectivity index (χ4v) is 4.18. The molecule has 1 heterocycles. The average molecular weight is 440 g/mol. The van der Waals surface area contributed by atoms with Gasteiger partial charge in [0.2, 0.25) is 17.7 Å². The van der Waals surface area contributed by atoms with Crippen LogP contribution in [0.5, 0.6) is 0 Å². The van der Waals surface area contributed by atoms with Gasteiger partial charge in [0.25, 0.3) is 0 Å². The van der Waals surface area contributed by atoms with Gasteiger partial charge in [-0.15, -0.1) is 0 Å². The summed E-state index contributed by atoms with van der Waals surface area (Å²) in [5, 5.41) is 0.579. The first-order chi connectivity index (χ1) is 14.9. The van der Waals surface area contributed by atoms with E-state index in [1.54, 1.807) is 21.9 Å². The maximum Gasteiger partial charge on any atom is 0.248 e. The number of hydrogen-bond donors (Lipinski definition) is 0. The van der Waals surface area contributed by atoms with Crippen LogP contribution in [-0.2, 0) is 20.9 Å². The number of hydrogen-bond acceptors (Lipinski definition) is 3. The molecule has 1 saturated heterocycles. The summed E-state index contributed by atoms with van der Waals surface area (Å²) in [6, 6.07) is 15.1. The number of amides is 3. The first-order valence-corrected chi connectivity index (χ1v) is 11.0. The van der Waals surface area contributed by atoms with E-state index >= 15 is 0 Å². The van der Waals surface area contributed by atoms with Crippen molar-refractivity contribution in [3.05, 3.63) is 64.7 Å². The number of anilines is 1. The molecule has 2 aromatic rings. The van der Waals surface area contributed by atoms with Gasteiger partial charge in [0.15, 0.2) is 0 Å². The molecule has 0 aromatic heterocycles. The Morgan fingerprint density at radius 3 is 2.52 bits per heavy atom. The van der Waals surface area contributed by atoms with Gasteiger partial charge in [0, 0.05) is 23.2 Å². The molecule has 1 aliphatic heterocycles. The van der Waals surface area contributed by atoms with Gasteiger partial charge in [-0.2, -0.15) is 0 Å². The second kappa shape index (κ2) is 9.10. The van der Waals surface area contributed by atoms with Crippen molar-refractivity contribution < 1.29 is 14.4 Å². The minimum atomic E-state index is -0.223. The second-order valence-electron chi connectivity index (χ2n) is 8.25. The zero-order valence-electron chi connectivity index (χ0n) is 17.6. The van der Waals surface area contributed by atoms with Gasteiger partial charge in [0.1, 0.15) is 19.8 Å². The topological polar surface area (TPSA) is 60.9 Å². The van der Waals surface area contributed by atoms with Crippen LogP contribution in [0.4, 0.5) is 5.69 Å². The van der Waals surface area contributed by atoms with Crippen LogP contribution in [0.1, 0.15) is 30.4 Å². The Labute approximate surface area is 187 Å². The molecule has 162 valence electrons. The van der Waals surface area contributed by atoms with Crippen molar-refractivity contribution in [2.45, 2.75) is 32.7 Å². The number of carbonyl (C=O) groups excluding carboxylic acids is 3. The van der Waals surface area contributed by atoms with Gasteiger partial charge in [-0.1, -0.05) is 54.4 Å². The molecule has 31 heavy (non-hydrogen) atoms. The number of rotatable bonds is 6. The molecule has 4 rings (SSSR count). The Morgan fingerprint density at radius 2 is 1.84 bits per heavy atom. The summed E-state index contributed by atoms with van der Waals surface area (Å²) in [4.78, 5) is 43.4. The molecule has 0 bridgehead atoms. The summed E-state index contributed by atoms with van der Waals surface area (Å²) < 4.78 is 0. The van der Waals surface area contributed by atoms with Crippen molar-refractivity contribution in [2.24, 2.45) is 5.92 Å². The van der Waals surface area contributed by atoms with Crippen LogP contribution in [0.25, 0.3) is 0 Å². The molecule has 2 aromatic carbocycles. The molecule has 0 spiro atoms. The Hall–Kier alpha value is -2.86. The van der Waals surface area contributed by atoms with Gasteiger partial charge < -0.3 is 9.80 Å². The van der Waals surface area contributed by atoms with Crippen LogP contribution in [0, 0.1) is 12.8 Å². The molecule has 7 heteroatoms. The molecule has 2 aliphatic rings. The van der Waals surface area contributed by atoms with E-state index in [4.69, 9.17) is 11.6 Å². The van der Waals surface area contributed by atoms with E-state index in [1.165, 1.54) is 4.90 Å². The Balaban J connectivity index is 1.47. The van der Waals surface area contributed by atoms with Crippen LogP contribution in [0.15, 0.2) is 48.5 Å². The summed E-state index contributed by atoms with van der Waals surface area (Å²) in [5.74, 6) is -0.350. The van der Waals surface area contributed by atoms with Gasteiger partial charge in [-0.3, -0.25) is 19.3 Å².